The quantitative estimate of drug-likeness (QED) is 0.212. The standard InChI is InChI=1S/C31H36N2O2/c1-4-5-11-20-33(30(24(2)3)31(34)35-23-26-12-7-6-8-13-26)22-25-16-18-27(19-17-25)29-15-10-9-14-28(29)21-32/h6-10,12-19,24,30H,4-5,11,20,22-23H2,1-3H3/t30-/m0/s1. The predicted molar refractivity (Wildman–Crippen MR) is 141 cm³/mol. The molecule has 0 aromatic heterocycles. The predicted octanol–water partition coefficient (Wildman–Crippen LogP) is 6.99. The van der Waals surface area contributed by atoms with Crippen molar-refractivity contribution in [3.63, 3.8) is 0 Å². The molecule has 0 saturated carbocycles. The Morgan fingerprint density at radius 1 is 0.914 bits per heavy atom. The van der Waals surface area contributed by atoms with Crippen molar-refractivity contribution in [1.82, 2.24) is 4.90 Å². The molecule has 0 unspecified atom stereocenters. The van der Waals surface area contributed by atoms with Crippen LogP contribution in [0.15, 0.2) is 78.9 Å². The van der Waals surface area contributed by atoms with Crippen LogP contribution in [0.2, 0.25) is 0 Å². The monoisotopic (exact) mass is 468 g/mol. The van der Waals surface area contributed by atoms with Crippen LogP contribution in [0.5, 0.6) is 0 Å². The van der Waals surface area contributed by atoms with Crippen molar-refractivity contribution in [2.75, 3.05) is 6.54 Å². The van der Waals surface area contributed by atoms with Crippen LogP contribution in [0.3, 0.4) is 0 Å². The topological polar surface area (TPSA) is 53.3 Å². The molecule has 1 atom stereocenters. The summed E-state index contributed by atoms with van der Waals surface area (Å²) in [4.78, 5) is 15.5. The number of nitrogens with zero attached hydrogens (tertiary/aromatic N) is 2. The molecule has 3 rings (SSSR count). The molecular formula is C31H36N2O2. The molecule has 0 aliphatic carbocycles. The summed E-state index contributed by atoms with van der Waals surface area (Å²) in [6, 6.07) is 27.8. The summed E-state index contributed by atoms with van der Waals surface area (Å²) in [6.07, 6.45) is 3.30. The van der Waals surface area contributed by atoms with E-state index >= 15 is 0 Å². The minimum Gasteiger partial charge on any atom is -0.460 e. The Hall–Kier alpha value is -3.42. The van der Waals surface area contributed by atoms with Crippen molar-refractivity contribution in [2.45, 2.75) is 59.2 Å². The highest BCUT2D eigenvalue weighted by molar-refractivity contribution is 5.76. The maximum Gasteiger partial charge on any atom is 0.323 e. The van der Waals surface area contributed by atoms with Crippen LogP contribution in [0.4, 0.5) is 0 Å². The summed E-state index contributed by atoms with van der Waals surface area (Å²) in [5.74, 6) is -0.0402. The summed E-state index contributed by atoms with van der Waals surface area (Å²) in [6.45, 7) is 8.17. The van der Waals surface area contributed by atoms with Gasteiger partial charge in [0.15, 0.2) is 0 Å². The van der Waals surface area contributed by atoms with Gasteiger partial charge in [0.1, 0.15) is 12.6 Å². The molecule has 3 aromatic rings. The molecule has 0 spiro atoms. The first-order chi connectivity index (χ1) is 17.0. The van der Waals surface area contributed by atoms with E-state index in [1.165, 1.54) is 0 Å². The fraction of sp³-hybridized carbons (Fsp3) is 0.355. The average molecular weight is 469 g/mol. The van der Waals surface area contributed by atoms with Crippen LogP contribution in [0.1, 0.15) is 56.7 Å². The van der Waals surface area contributed by atoms with Crippen molar-refractivity contribution >= 4 is 5.97 Å². The summed E-state index contributed by atoms with van der Waals surface area (Å²) >= 11 is 0. The van der Waals surface area contributed by atoms with Crippen LogP contribution < -0.4 is 0 Å². The van der Waals surface area contributed by atoms with Crippen LogP contribution in [-0.4, -0.2) is 23.5 Å². The van der Waals surface area contributed by atoms with E-state index in [1.807, 2.05) is 54.6 Å². The largest absolute Gasteiger partial charge is 0.460 e. The third-order valence-corrected chi connectivity index (χ3v) is 6.24. The molecule has 0 N–H and O–H groups in total. The van der Waals surface area contributed by atoms with E-state index in [4.69, 9.17) is 4.74 Å². The Kier molecular flexibility index (Phi) is 10.1. The number of benzene rings is 3. The Morgan fingerprint density at radius 2 is 1.60 bits per heavy atom. The van der Waals surface area contributed by atoms with E-state index in [0.717, 1.165) is 48.1 Å². The molecule has 182 valence electrons. The molecule has 0 bridgehead atoms. The van der Waals surface area contributed by atoms with Gasteiger partial charge < -0.3 is 4.74 Å². The van der Waals surface area contributed by atoms with Crippen LogP contribution in [0.25, 0.3) is 11.1 Å². The van der Waals surface area contributed by atoms with Crippen LogP contribution in [-0.2, 0) is 22.7 Å². The highest BCUT2D eigenvalue weighted by Gasteiger charge is 2.30. The average Bonchev–Trinajstić information content (AvgIpc) is 2.88. The first-order valence-corrected chi connectivity index (χ1v) is 12.6. The molecular weight excluding hydrogens is 432 g/mol. The molecule has 0 saturated heterocycles. The van der Waals surface area contributed by atoms with Gasteiger partial charge in [-0.3, -0.25) is 9.69 Å². The van der Waals surface area contributed by atoms with Crippen molar-refractivity contribution in [1.29, 1.82) is 5.26 Å². The summed E-state index contributed by atoms with van der Waals surface area (Å²) in [5, 5.41) is 9.44. The number of carbonyl (C=O) groups is 1. The summed E-state index contributed by atoms with van der Waals surface area (Å²) < 4.78 is 5.77. The van der Waals surface area contributed by atoms with E-state index in [9.17, 15) is 10.1 Å². The lowest BCUT2D eigenvalue weighted by atomic mass is 9.98. The second kappa shape index (κ2) is 13.5. The number of unbranched alkanes of at least 4 members (excludes halogenated alkanes) is 2. The minimum atomic E-state index is -0.311. The Labute approximate surface area is 210 Å². The molecule has 0 aliphatic heterocycles. The zero-order chi connectivity index (χ0) is 25.0. The van der Waals surface area contributed by atoms with Gasteiger partial charge >= 0.3 is 5.97 Å². The lowest BCUT2D eigenvalue weighted by Crippen LogP contribution is -2.45. The number of hydrogen-bond acceptors (Lipinski definition) is 4. The van der Waals surface area contributed by atoms with Gasteiger partial charge in [-0.2, -0.15) is 5.26 Å². The third-order valence-electron chi connectivity index (χ3n) is 6.24. The Balaban J connectivity index is 1.77. The normalized spacial score (nSPS) is 11.9. The Bertz CT molecular complexity index is 1100. The second-order valence-electron chi connectivity index (χ2n) is 9.31. The molecule has 0 fully saturated rings. The van der Waals surface area contributed by atoms with Crippen molar-refractivity contribution in [3.05, 3.63) is 95.6 Å². The first-order valence-electron chi connectivity index (χ1n) is 12.6. The van der Waals surface area contributed by atoms with Gasteiger partial charge in [0.05, 0.1) is 11.6 Å². The van der Waals surface area contributed by atoms with E-state index in [0.29, 0.717) is 18.7 Å². The van der Waals surface area contributed by atoms with Gasteiger partial charge in [0.2, 0.25) is 0 Å². The van der Waals surface area contributed by atoms with Gasteiger partial charge in [-0.05, 0) is 47.2 Å². The minimum absolute atomic E-state index is 0.127. The molecule has 4 heteroatoms. The third kappa shape index (κ3) is 7.53. The SMILES string of the molecule is CCCCCN(Cc1ccc(-c2ccccc2C#N)cc1)[C@H](C(=O)OCc1ccccc1)C(C)C. The fourth-order valence-corrected chi connectivity index (χ4v) is 4.39. The van der Waals surface area contributed by atoms with Gasteiger partial charge in [0.25, 0.3) is 0 Å². The number of nitriles is 1. The molecule has 0 aliphatic rings. The Morgan fingerprint density at radius 3 is 2.26 bits per heavy atom. The fourth-order valence-electron chi connectivity index (χ4n) is 4.39. The molecule has 35 heavy (non-hydrogen) atoms. The maximum atomic E-state index is 13.2. The van der Waals surface area contributed by atoms with E-state index < -0.39 is 0 Å². The highest BCUT2D eigenvalue weighted by atomic mass is 16.5. The zero-order valence-corrected chi connectivity index (χ0v) is 21.1. The zero-order valence-electron chi connectivity index (χ0n) is 21.1. The van der Waals surface area contributed by atoms with Gasteiger partial charge in [0, 0.05) is 6.54 Å². The first kappa shape index (κ1) is 26.2. The van der Waals surface area contributed by atoms with Crippen molar-refractivity contribution in [2.24, 2.45) is 5.92 Å². The van der Waals surface area contributed by atoms with E-state index in [-0.39, 0.29) is 17.9 Å². The molecule has 0 heterocycles. The van der Waals surface area contributed by atoms with E-state index in [2.05, 4.69) is 56.0 Å². The maximum absolute atomic E-state index is 13.2. The van der Waals surface area contributed by atoms with Crippen LogP contribution in [0, 0.1) is 17.2 Å². The van der Waals surface area contributed by atoms with Crippen molar-refractivity contribution in [3.8, 4) is 17.2 Å². The number of rotatable bonds is 12. The molecule has 4 nitrogen and oxygen atoms in total. The molecule has 0 amide bonds. The smallest absolute Gasteiger partial charge is 0.323 e. The number of carbonyl (C=O) groups excluding carboxylic acids is 1. The van der Waals surface area contributed by atoms with Gasteiger partial charge in [-0.1, -0.05) is 106 Å². The van der Waals surface area contributed by atoms with Gasteiger partial charge in [-0.25, -0.2) is 0 Å². The van der Waals surface area contributed by atoms with Crippen molar-refractivity contribution < 1.29 is 9.53 Å². The lowest BCUT2D eigenvalue weighted by molar-refractivity contribution is -0.153. The number of ether oxygens (including phenoxy) is 1. The molecule has 0 radical (unpaired) electrons. The summed E-state index contributed by atoms with van der Waals surface area (Å²) in [7, 11) is 0. The van der Waals surface area contributed by atoms with Crippen LogP contribution >= 0.6 is 0 Å². The number of esters is 1. The van der Waals surface area contributed by atoms with Gasteiger partial charge in [-0.15, -0.1) is 0 Å². The highest BCUT2D eigenvalue weighted by Crippen LogP contribution is 2.25. The summed E-state index contributed by atoms with van der Waals surface area (Å²) in [5.41, 5.74) is 4.76. The number of hydrogen-bond donors (Lipinski definition) is 0. The second-order valence-corrected chi connectivity index (χ2v) is 9.31. The lowest BCUT2D eigenvalue weighted by Gasteiger charge is -2.33. The van der Waals surface area contributed by atoms with E-state index in [1.54, 1.807) is 0 Å². The molecule has 3 aromatic carbocycles.